The highest BCUT2D eigenvalue weighted by molar-refractivity contribution is 5.82. The van der Waals surface area contributed by atoms with Gasteiger partial charge in [-0.3, -0.25) is 19.5 Å². The first kappa shape index (κ1) is 19.4. The average Bonchev–Trinajstić information content (AvgIpc) is 2.41. The molecule has 1 aliphatic heterocycles. The Balaban J connectivity index is 2.83. The van der Waals surface area contributed by atoms with Gasteiger partial charge >= 0.3 is 0 Å². The third-order valence-corrected chi connectivity index (χ3v) is 4.65. The van der Waals surface area contributed by atoms with E-state index >= 15 is 0 Å². The summed E-state index contributed by atoms with van der Waals surface area (Å²) in [5, 5.41) is 10.1. The molecule has 0 saturated carbocycles. The Morgan fingerprint density at radius 1 is 1.22 bits per heavy atom. The summed E-state index contributed by atoms with van der Waals surface area (Å²) in [7, 11) is 0. The normalized spacial score (nSPS) is 20.7. The Bertz CT molecular complexity index is 477. The highest BCUT2D eigenvalue weighted by atomic mass is 16.2. The van der Waals surface area contributed by atoms with Gasteiger partial charge in [0.1, 0.15) is 0 Å². The van der Waals surface area contributed by atoms with Crippen molar-refractivity contribution in [3.05, 3.63) is 0 Å². The highest BCUT2D eigenvalue weighted by Gasteiger charge is 2.46. The number of amides is 2. The fraction of sp³-hybridized carbons (Fsp3) is 0.812. The van der Waals surface area contributed by atoms with E-state index in [1.165, 1.54) is 5.01 Å². The monoisotopic (exact) mass is 323 g/mol. The van der Waals surface area contributed by atoms with Gasteiger partial charge in [-0.2, -0.15) is 5.26 Å². The molecule has 0 aromatic rings. The number of primary amides is 1. The molecule has 130 valence electrons. The number of nitriles is 1. The van der Waals surface area contributed by atoms with Crippen LogP contribution < -0.4 is 11.6 Å². The Morgan fingerprint density at radius 2 is 1.74 bits per heavy atom. The van der Waals surface area contributed by atoms with E-state index in [1.54, 1.807) is 0 Å². The van der Waals surface area contributed by atoms with Crippen LogP contribution in [0.15, 0.2) is 0 Å². The summed E-state index contributed by atoms with van der Waals surface area (Å²) in [5.74, 6) is 5.27. The SMILES string of the molecule is CC1(C)CC(N(N)C(=O)CCC(N)=O)CC(C)(C)N1CCC#N. The number of hydrogen-bond acceptors (Lipinski definition) is 5. The molecule has 0 atom stereocenters. The summed E-state index contributed by atoms with van der Waals surface area (Å²) in [4.78, 5) is 25.3. The van der Waals surface area contributed by atoms with Crippen molar-refractivity contribution < 1.29 is 9.59 Å². The summed E-state index contributed by atoms with van der Waals surface area (Å²) < 4.78 is 0. The van der Waals surface area contributed by atoms with Gasteiger partial charge in [-0.05, 0) is 40.5 Å². The zero-order valence-electron chi connectivity index (χ0n) is 14.6. The Morgan fingerprint density at radius 3 is 2.17 bits per heavy atom. The number of nitrogens with zero attached hydrogens (tertiary/aromatic N) is 3. The molecule has 23 heavy (non-hydrogen) atoms. The zero-order chi connectivity index (χ0) is 17.8. The van der Waals surface area contributed by atoms with Gasteiger partial charge in [0, 0.05) is 36.9 Å². The predicted octanol–water partition coefficient (Wildman–Crippen LogP) is 0.889. The summed E-state index contributed by atoms with van der Waals surface area (Å²) in [6.45, 7) is 9.14. The topological polar surface area (TPSA) is 116 Å². The van der Waals surface area contributed by atoms with Crippen LogP contribution in [0.25, 0.3) is 0 Å². The van der Waals surface area contributed by atoms with Crippen LogP contribution in [0.1, 0.15) is 59.8 Å². The van der Waals surface area contributed by atoms with E-state index in [0.29, 0.717) is 13.0 Å². The second-order valence-corrected chi connectivity index (χ2v) is 7.51. The van der Waals surface area contributed by atoms with Gasteiger partial charge in [-0.1, -0.05) is 0 Å². The summed E-state index contributed by atoms with van der Waals surface area (Å²) in [6.07, 6.45) is 1.98. The molecule has 1 heterocycles. The lowest BCUT2D eigenvalue weighted by molar-refractivity contribution is -0.140. The Hall–Kier alpha value is -1.65. The molecule has 1 fully saturated rings. The first-order valence-electron chi connectivity index (χ1n) is 8.01. The second kappa shape index (κ2) is 7.28. The molecule has 7 heteroatoms. The number of nitrogens with two attached hydrogens (primary N) is 2. The molecule has 1 rings (SSSR count). The second-order valence-electron chi connectivity index (χ2n) is 7.51. The molecular formula is C16H29N5O2. The lowest BCUT2D eigenvalue weighted by Crippen LogP contribution is -2.65. The first-order valence-corrected chi connectivity index (χ1v) is 8.01. The quantitative estimate of drug-likeness (QED) is 0.428. The molecule has 0 unspecified atom stereocenters. The third kappa shape index (κ3) is 4.91. The standard InChI is InChI=1S/C16H29N5O2/c1-15(2)10-12(21(19)14(23)7-6-13(18)22)11-16(3,4)20(15)9-5-8-17/h12H,5-7,9-11,19H2,1-4H3,(H2,18,22). The average molecular weight is 323 g/mol. The van der Waals surface area contributed by atoms with E-state index in [9.17, 15) is 9.59 Å². The molecule has 4 N–H and O–H groups in total. The fourth-order valence-electron chi connectivity index (χ4n) is 3.79. The smallest absolute Gasteiger partial charge is 0.237 e. The van der Waals surface area contributed by atoms with Crippen molar-refractivity contribution in [1.29, 1.82) is 5.26 Å². The van der Waals surface area contributed by atoms with Gasteiger partial charge < -0.3 is 5.73 Å². The lowest BCUT2D eigenvalue weighted by atomic mass is 9.76. The van der Waals surface area contributed by atoms with Gasteiger partial charge in [-0.15, -0.1) is 0 Å². The maximum atomic E-state index is 12.2. The molecule has 0 aliphatic carbocycles. The fourth-order valence-corrected chi connectivity index (χ4v) is 3.79. The highest BCUT2D eigenvalue weighted by Crippen LogP contribution is 2.39. The number of rotatable bonds is 6. The molecule has 0 radical (unpaired) electrons. The van der Waals surface area contributed by atoms with E-state index < -0.39 is 5.91 Å². The number of hydrogen-bond donors (Lipinski definition) is 2. The maximum absolute atomic E-state index is 12.2. The number of hydrazine groups is 1. The van der Waals surface area contributed by atoms with Crippen molar-refractivity contribution in [1.82, 2.24) is 9.91 Å². The van der Waals surface area contributed by atoms with Crippen LogP contribution in [-0.2, 0) is 9.59 Å². The van der Waals surface area contributed by atoms with Crippen LogP contribution in [0, 0.1) is 11.3 Å². The molecule has 0 spiro atoms. The van der Waals surface area contributed by atoms with Gasteiger partial charge in [0.05, 0.1) is 12.1 Å². The minimum atomic E-state index is -0.501. The van der Waals surface area contributed by atoms with E-state index in [1.807, 2.05) is 0 Å². The van der Waals surface area contributed by atoms with Crippen molar-refractivity contribution in [3.8, 4) is 6.07 Å². The van der Waals surface area contributed by atoms with Crippen molar-refractivity contribution in [2.45, 2.75) is 76.9 Å². The number of piperidine rings is 1. The van der Waals surface area contributed by atoms with Crippen LogP contribution in [0.3, 0.4) is 0 Å². The largest absolute Gasteiger partial charge is 0.370 e. The molecule has 0 aromatic carbocycles. The first-order chi connectivity index (χ1) is 10.5. The third-order valence-electron chi connectivity index (χ3n) is 4.65. The summed E-state index contributed by atoms with van der Waals surface area (Å²) in [6, 6.07) is 2.10. The van der Waals surface area contributed by atoms with Crippen molar-refractivity contribution in [3.63, 3.8) is 0 Å². The van der Waals surface area contributed by atoms with Crippen LogP contribution in [0.5, 0.6) is 0 Å². The van der Waals surface area contributed by atoms with E-state index in [0.717, 1.165) is 12.8 Å². The molecule has 7 nitrogen and oxygen atoms in total. The van der Waals surface area contributed by atoms with Crippen LogP contribution in [0.2, 0.25) is 0 Å². The van der Waals surface area contributed by atoms with Gasteiger partial charge in [0.25, 0.3) is 0 Å². The summed E-state index contributed by atoms with van der Waals surface area (Å²) in [5.41, 5.74) is 4.74. The maximum Gasteiger partial charge on any atom is 0.237 e. The Kier molecular flexibility index (Phi) is 6.14. The molecule has 1 saturated heterocycles. The van der Waals surface area contributed by atoms with Crippen LogP contribution >= 0.6 is 0 Å². The number of carbonyl (C=O) groups excluding carboxylic acids is 2. The molecule has 2 amide bonds. The molecule has 1 aliphatic rings. The lowest BCUT2D eigenvalue weighted by Gasteiger charge is -2.56. The van der Waals surface area contributed by atoms with Crippen molar-refractivity contribution in [2.24, 2.45) is 11.6 Å². The van der Waals surface area contributed by atoms with Crippen LogP contribution in [0.4, 0.5) is 0 Å². The Labute approximate surface area is 138 Å². The van der Waals surface area contributed by atoms with E-state index in [2.05, 4.69) is 38.7 Å². The van der Waals surface area contributed by atoms with Crippen molar-refractivity contribution >= 4 is 11.8 Å². The van der Waals surface area contributed by atoms with Gasteiger partial charge in [-0.25, -0.2) is 5.84 Å². The number of likely N-dealkylation sites (tertiary alicyclic amines) is 1. The van der Waals surface area contributed by atoms with Gasteiger partial charge in [0.2, 0.25) is 11.8 Å². The molecule has 0 aromatic heterocycles. The molecule has 0 bridgehead atoms. The van der Waals surface area contributed by atoms with Crippen molar-refractivity contribution in [2.75, 3.05) is 6.54 Å². The van der Waals surface area contributed by atoms with Crippen LogP contribution in [-0.4, -0.2) is 45.4 Å². The minimum Gasteiger partial charge on any atom is -0.370 e. The van der Waals surface area contributed by atoms with E-state index in [4.69, 9.17) is 16.8 Å². The minimum absolute atomic E-state index is 0.0142. The number of carbonyl (C=O) groups is 2. The summed E-state index contributed by atoms with van der Waals surface area (Å²) >= 11 is 0. The predicted molar refractivity (Wildman–Crippen MR) is 87.6 cm³/mol. The van der Waals surface area contributed by atoms with E-state index in [-0.39, 0.29) is 35.9 Å². The molecular weight excluding hydrogens is 294 g/mol. The van der Waals surface area contributed by atoms with Gasteiger partial charge in [0.15, 0.2) is 0 Å². The zero-order valence-corrected chi connectivity index (χ0v) is 14.6.